The van der Waals surface area contributed by atoms with Crippen molar-refractivity contribution < 1.29 is 0 Å². The minimum atomic E-state index is 0.680. The molecule has 0 saturated carbocycles. The summed E-state index contributed by atoms with van der Waals surface area (Å²) < 4.78 is 0. The van der Waals surface area contributed by atoms with Crippen molar-refractivity contribution in [3.8, 4) is 0 Å². The highest BCUT2D eigenvalue weighted by molar-refractivity contribution is 5.14. The van der Waals surface area contributed by atoms with Crippen LogP contribution in [0.5, 0.6) is 0 Å². The van der Waals surface area contributed by atoms with Crippen molar-refractivity contribution in [3.05, 3.63) is 35.9 Å². The average Bonchev–Trinajstić information content (AvgIpc) is 2.42. The van der Waals surface area contributed by atoms with E-state index in [2.05, 4.69) is 56.1 Å². The average molecular weight is 262 g/mol. The van der Waals surface area contributed by atoms with Gasteiger partial charge >= 0.3 is 0 Å². The van der Waals surface area contributed by atoms with Crippen molar-refractivity contribution >= 4 is 0 Å². The fourth-order valence-corrected chi connectivity index (χ4v) is 2.48. The van der Waals surface area contributed by atoms with E-state index in [-0.39, 0.29) is 0 Å². The van der Waals surface area contributed by atoms with Crippen molar-refractivity contribution in [1.29, 1.82) is 0 Å². The van der Waals surface area contributed by atoms with Gasteiger partial charge in [0.15, 0.2) is 0 Å². The molecule has 0 bridgehead atoms. The van der Waals surface area contributed by atoms with Crippen LogP contribution in [0.15, 0.2) is 30.3 Å². The lowest BCUT2D eigenvalue weighted by Crippen LogP contribution is -2.27. The first-order valence-corrected chi connectivity index (χ1v) is 7.54. The second kappa shape index (κ2) is 9.11. The largest absolute Gasteiger partial charge is 0.330 e. The van der Waals surface area contributed by atoms with E-state index in [0.29, 0.717) is 5.92 Å². The first-order chi connectivity index (χ1) is 9.11. The lowest BCUT2D eigenvalue weighted by atomic mass is 9.94. The number of rotatable bonds is 9. The van der Waals surface area contributed by atoms with Crippen LogP contribution < -0.4 is 5.73 Å². The zero-order valence-corrected chi connectivity index (χ0v) is 12.8. The fourth-order valence-electron chi connectivity index (χ4n) is 2.48. The normalized spacial score (nSPS) is 13.2. The number of nitrogens with zero attached hydrogens (tertiary/aromatic N) is 1. The minimum Gasteiger partial charge on any atom is -0.330 e. The Morgan fingerprint density at radius 1 is 1.11 bits per heavy atom. The van der Waals surface area contributed by atoms with Gasteiger partial charge in [-0.2, -0.15) is 0 Å². The molecule has 0 heterocycles. The van der Waals surface area contributed by atoms with Gasteiger partial charge in [0, 0.05) is 6.54 Å². The fraction of sp³-hybridized carbons (Fsp3) is 0.647. The summed E-state index contributed by atoms with van der Waals surface area (Å²) in [6.07, 6.45) is 3.61. The molecule has 0 fully saturated rings. The zero-order chi connectivity index (χ0) is 14.1. The monoisotopic (exact) mass is 262 g/mol. The van der Waals surface area contributed by atoms with Crippen molar-refractivity contribution in [2.75, 3.05) is 26.7 Å². The summed E-state index contributed by atoms with van der Waals surface area (Å²) in [7, 11) is 2.21. The molecule has 1 rings (SSSR count). The van der Waals surface area contributed by atoms with Crippen LogP contribution in [-0.2, 0) is 6.42 Å². The number of likely N-dealkylation sites (N-methyl/N-ethyl adjacent to an activating group) is 1. The maximum atomic E-state index is 5.85. The number of hydrogen-bond donors (Lipinski definition) is 1. The number of benzene rings is 1. The van der Waals surface area contributed by atoms with Gasteiger partial charge in [0.2, 0.25) is 0 Å². The second-order valence-electron chi connectivity index (χ2n) is 6.06. The molecule has 2 N–H and O–H groups in total. The molecule has 1 aromatic rings. The Morgan fingerprint density at radius 3 is 2.37 bits per heavy atom. The Kier molecular flexibility index (Phi) is 7.76. The molecule has 1 aromatic carbocycles. The molecule has 1 unspecified atom stereocenters. The molecule has 108 valence electrons. The van der Waals surface area contributed by atoms with Gasteiger partial charge in [0.1, 0.15) is 0 Å². The van der Waals surface area contributed by atoms with Gasteiger partial charge in [-0.25, -0.2) is 0 Å². The molecule has 1 atom stereocenters. The summed E-state index contributed by atoms with van der Waals surface area (Å²) >= 11 is 0. The van der Waals surface area contributed by atoms with Gasteiger partial charge in [-0.3, -0.25) is 0 Å². The summed E-state index contributed by atoms with van der Waals surface area (Å²) in [5, 5.41) is 0. The van der Waals surface area contributed by atoms with Crippen LogP contribution in [0, 0.1) is 11.8 Å². The highest BCUT2D eigenvalue weighted by Crippen LogP contribution is 2.14. The Balaban J connectivity index is 2.21. The topological polar surface area (TPSA) is 29.3 Å². The Labute approximate surface area is 119 Å². The lowest BCUT2D eigenvalue weighted by Gasteiger charge is -2.22. The molecule has 0 saturated heterocycles. The van der Waals surface area contributed by atoms with E-state index in [9.17, 15) is 0 Å². The molecule has 19 heavy (non-hydrogen) atoms. The predicted octanol–water partition coefficient (Wildman–Crippen LogP) is 3.17. The third kappa shape index (κ3) is 7.34. The Morgan fingerprint density at radius 2 is 1.79 bits per heavy atom. The molecule has 0 spiro atoms. The molecule has 2 nitrogen and oxygen atoms in total. The Bertz CT molecular complexity index is 321. The molecule has 0 amide bonds. The standard InChI is InChI=1S/C17H30N2/c1-15(2)13-17(14-18)10-12-19(3)11-9-16-7-5-4-6-8-16/h4-8,15,17H,9-14,18H2,1-3H3. The molecule has 0 aromatic heterocycles. The first-order valence-electron chi connectivity index (χ1n) is 7.54. The van der Waals surface area contributed by atoms with Crippen LogP contribution in [0.2, 0.25) is 0 Å². The first kappa shape index (κ1) is 16.2. The van der Waals surface area contributed by atoms with Gasteiger partial charge in [0.05, 0.1) is 0 Å². The van der Waals surface area contributed by atoms with Crippen molar-refractivity contribution in [1.82, 2.24) is 4.90 Å². The molecular weight excluding hydrogens is 232 g/mol. The number of hydrogen-bond acceptors (Lipinski definition) is 2. The van der Waals surface area contributed by atoms with Gasteiger partial charge in [-0.05, 0) is 56.8 Å². The van der Waals surface area contributed by atoms with Crippen LogP contribution >= 0.6 is 0 Å². The van der Waals surface area contributed by atoms with E-state index in [0.717, 1.165) is 32.0 Å². The van der Waals surface area contributed by atoms with Crippen LogP contribution in [0.25, 0.3) is 0 Å². The SMILES string of the molecule is CC(C)CC(CN)CCN(C)CCc1ccccc1. The van der Waals surface area contributed by atoms with Gasteiger partial charge in [-0.1, -0.05) is 44.2 Å². The quantitative estimate of drug-likeness (QED) is 0.740. The molecule has 0 aliphatic carbocycles. The van der Waals surface area contributed by atoms with Crippen LogP contribution in [0.3, 0.4) is 0 Å². The van der Waals surface area contributed by atoms with Crippen LogP contribution in [0.1, 0.15) is 32.3 Å². The maximum absolute atomic E-state index is 5.85. The van der Waals surface area contributed by atoms with Crippen LogP contribution in [-0.4, -0.2) is 31.6 Å². The summed E-state index contributed by atoms with van der Waals surface area (Å²) in [4.78, 5) is 2.43. The van der Waals surface area contributed by atoms with E-state index in [1.54, 1.807) is 0 Å². The van der Waals surface area contributed by atoms with E-state index in [1.165, 1.54) is 18.4 Å². The molecular formula is C17H30N2. The van der Waals surface area contributed by atoms with Crippen molar-refractivity contribution in [3.63, 3.8) is 0 Å². The predicted molar refractivity (Wildman–Crippen MR) is 84.3 cm³/mol. The van der Waals surface area contributed by atoms with E-state index >= 15 is 0 Å². The van der Waals surface area contributed by atoms with Crippen molar-refractivity contribution in [2.45, 2.75) is 33.1 Å². The molecule has 0 aliphatic rings. The summed E-state index contributed by atoms with van der Waals surface area (Å²) in [5.41, 5.74) is 7.28. The summed E-state index contributed by atoms with van der Waals surface area (Å²) in [5.74, 6) is 1.43. The third-order valence-corrected chi connectivity index (χ3v) is 3.68. The van der Waals surface area contributed by atoms with Crippen LogP contribution in [0.4, 0.5) is 0 Å². The van der Waals surface area contributed by atoms with E-state index in [4.69, 9.17) is 5.73 Å². The molecule has 0 aliphatic heterocycles. The van der Waals surface area contributed by atoms with E-state index < -0.39 is 0 Å². The minimum absolute atomic E-state index is 0.680. The molecule has 0 radical (unpaired) electrons. The highest BCUT2D eigenvalue weighted by Gasteiger charge is 2.10. The van der Waals surface area contributed by atoms with Gasteiger partial charge in [-0.15, -0.1) is 0 Å². The third-order valence-electron chi connectivity index (χ3n) is 3.68. The second-order valence-corrected chi connectivity index (χ2v) is 6.06. The van der Waals surface area contributed by atoms with Gasteiger partial charge in [0.25, 0.3) is 0 Å². The summed E-state index contributed by atoms with van der Waals surface area (Å²) in [6, 6.07) is 10.7. The van der Waals surface area contributed by atoms with E-state index in [1.807, 2.05) is 0 Å². The molecule has 2 heteroatoms. The number of nitrogens with two attached hydrogens (primary N) is 1. The highest BCUT2D eigenvalue weighted by atomic mass is 15.1. The zero-order valence-electron chi connectivity index (χ0n) is 12.8. The smallest absolute Gasteiger partial charge is 0.00188 e. The maximum Gasteiger partial charge on any atom is 0.00188 e. The summed E-state index contributed by atoms with van der Waals surface area (Å²) in [6.45, 7) is 7.67. The Hall–Kier alpha value is -0.860. The van der Waals surface area contributed by atoms with Gasteiger partial charge < -0.3 is 10.6 Å². The lowest BCUT2D eigenvalue weighted by molar-refractivity contribution is 0.287. The van der Waals surface area contributed by atoms with Crippen molar-refractivity contribution in [2.24, 2.45) is 17.6 Å².